The zero-order valence-electron chi connectivity index (χ0n) is 13.2. The molecule has 1 amide bonds. The summed E-state index contributed by atoms with van der Waals surface area (Å²) in [5, 5.41) is 3.92. The number of nitrogens with one attached hydrogen (secondary N) is 1. The van der Waals surface area contributed by atoms with Crippen molar-refractivity contribution in [1.82, 2.24) is 5.32 Å². The molecule has 1 N–H and O–H groups in total. The molecule has 0 saturated heterocycles. The van der Waals surface area contributed by atoms with Crippen LogP contribution in [0.2, 0.25) is 0 Å². The van der Waals surface area contributed by atoms with Gasteiger partial charge in [0.05, 0.1) is 12.5 Å². The molecule has 24 heavy (non-hydrogen) atoms. The molecule has 5 heteroatoms. The van der Waals surface area contributed by atoms with Crippen molar-refractivity contribution in [3.63, 3.8) is 0 Å². The van der Waals surface area contributed by atoms with Crippen molar-refractivity contribution >= 4 is 16.7 Å². The normalized spacial score (nSPS) is 10.5. The van der Waals surface area contributed by atoms with Gasteiger partial charge in [-0.1, -0.05) is 30.3 Å². The topological polar surface area (TPSA) is 68.5 Å². The molecule has 0 fully saturated rings. The van der Waals surface area contributed by atoms with Crippen LogP contribution in [0, 0.1) is 0 Å². The summed E-state index contributed by atoms with van der Waals surface area (Å²) in [7, 11) is 1.62. The summed E-state index contributed by atoms with van der Waals surface area (Å²) in [6.07, 6.45) is 0.674. The van der Waals surface area contributed by atoms with Crippen molar-refractivity contribution in [2.24, 2.45) is 0 Å². The van der Waals surface area contributed by atoms with Gasteiger partial charge < -0.3 is 14.5 Å². The summed E-state index contributed by atoms with van der Waals surface area (Å²) in [6.45, 7) is 0.446. The van der Waals surface area contributed by atoms with E-state index < -0.39 is 11.5 Å². The first kappa shape index (κ1) is 15.8. The molecule has 1 aromatic heterocycles. The number of rotatable bonds is 5. The fourth-order valence-corrected chi connectivity index (χ4v) is 2.45. The van der Waals surface area contributed by atoms with E-state index >= 15 is 0 Å². The largest absolute Gasteiger partial charge is 0.497 e. The second kappa shape index (κ2) is 7.00. The molecule has 1 heterocycles. The van der Waals surface area contributed by atoms with E-state index in [1.807, 2.05) is 30.3 Å². The highest BCUT2D eigenvalue weighted by molar-refractivity contribution is 5.95. The number of ether oxygens (including phenoxy) is 1. The van der Waals surface area contributed by atoms with Gasteiger partial charge in [-0.3, -0.25) is 4.79 Å². The SMILES string of the molecule is COc1ccc(CCNC(=O)c2cc3ccccc3c(=O)o2)cc1. The molecule has 5 nitrogen and oxygen atoms in total. The lowest BCUT2D eigenvalue weighted by molar-refractivity contribution is 0.0922. The molecule has 0 saturated carbocycles. The third-order valence-corrected chi connectivity index (χ3v) is 3.75. The predicted octanol–water partition coefficient (Wildman–Crippen LogP) is 2.77. The van der Waals surface area contributed by atoms with Gasteiger partial charge in [0.15, 0.2) is 5.76 Å². The highest BCUT2D eigenvalue weighted by Crippen LogP contribution is 2.12. The smallest absolute Gasteiger partial charge is 0.344 e. The molecule has 0 atom stereocenters. The highest BCUT2D eigenvalue weighted by Gasteiger charge is 2.11. The Kier molecular flexibility index (Phi) is 4.61. The Morgan fingerprint density at radius 1 is 1.12 bits per heavy atom. The Balaban J connectivity index is 1.65. The quantitative estimate of drug-likeness (QED) is 0.784. The number of benzene rings is 2. The van der Waals surface area contributed by atoms with E-state index in [4.69, 9.17) is 9.15 Å². The van der Waals surface area contributed by atoms with E-state index in [-0.39, 0.29) is 5.76 Å². The molecule has 0 aliphatic heterocycles. The lowest BCUT2D eigenvalue weighted by atomic mass is 10.1. The van der Waals surface area contributed by atoms with Crippen LogP contribution in [0.3, 0.4) is 0 Å². The molecule has 0 aliphatic carbocycles. The zero-order valence-corrected chi connectivity index (χ0v) is 13.2. The lowest BCUT2D eigenvalue weighted by Gasteiger charge is -2.06. The average molecular weight is 323 g/mol. The highest BCUT2D eigenvalue weighted by atomic mass is 16.5. The summed E-state index contributed by atoms with van der Waals surface area (Å²) in [4.78, 5) is 24.1. The van der Waals surface area contributed by atoms with Gasteiger partial charge in [-0.2, -0.15) is 0 Å². The van der Waals surface area contributed by atoms with E-state index in [2.05, 4.69) is 5.32 Å². The Hall–Kier alpha value is -3.08. The first-order valence-electron chi connectivity index (χ1n) is 7.61. The van der Waals surface area contributed by atoms with Crippen LogP contribution in [-0.2, 0) is 6.42 Å². The molecule has 0 bridgehead atoms. The Labute approximate surface area is 138 Å². The maximum atomic E-state index is 12.2. The van der Waals surface area contributed by atoms with Crippen molar-refractivity contribution in [1.29, 1.82) is 0 Å². The molecule has 0 aliphatic rings. The Morgan fingerprint density at radius 3 is 2.62 bits per heavy atom. The van der Waals surface area contributed by atoms with Crippen molar-refractivity contribution in [2.75, 3.05) is 13.7 Å². The van der Waals surface area contributed by atoms with E-state index in [1.54, 1.807) is 31.4 Å². The second-order valence-electron chi connectivity index (χ2n) is 5.34. The van der Waals surface area contributed by atoms with Crippen molar-refractivity contribution < 1.29 is 13.9 Å². The number of hydrogen-bond donors (Lipinski definition) is 1. The van der Waals surface area contributed by atoms with E-state index in [1.165, 1.54) is 0 Å². The minimum Gasteiger partial charge on any atom is -0.497 e. The van der Waals surface area contributed by atoms with Crippen LogP contribution in [0.4, 0.5) is 0 Å². The molecular weight excluding hydrogens is 306 g/mol. The number of fused-ring (bicyclic) bond motifs is 1. The van der Waals surface area contributed by atoms with Gasteiger partial charge in [0.1, 0.15) is 5.75 Å². The maximum Gasteiger partial charge on any atom is 0.344 e. The summed E-state index contributed by atoms with van der Waals surface area (Å²) in [6, 6.07) is 16.2. The van der Waals surface area contributed by atoms with Gasteiger partial charge in [-0.05, 0) is 41.6 Å². The standard InChI is InChI=1S/C19H17NO4/c1-23-15-8-6-13(7-9-15)10-11-20-18(21)17-12-14-4-2-3-5-16(14)19(22)24-17/h2-9,12H,10-11H2,1H3,(H,20,21). The fraction of sp³-hybridized carbons (Fsp3) is 0.158. The maximum absolute atomic E-state index is 12.2. The summed E-state index contributed by atoms with van der Waals surface area (Å²) in [5.41, 5.74) is 0.574. The van der Waals surface area contributed by atoms with Crippen LogP contribution >= 0.6 is 0 Å². The van der Waals surface area contributed by atoms with Crippen molar-refractivity contribution in [3.05, 3.63) is 76.3 Å². The van der Waals surface area contributed by atoms with Gasteiger partial charge in [0.2, 0.25) is 0 Å². The molecule has 0 unspecified atom stereocenters. The number of hydrogen-bond acceptors (Lipinski definition) is 4. The summed E-state index contributed by atoms with van der Waals surface area (Å²) in [5.74, 6) is 0.417. The van der Waals surface area contributed by atoms with Gasteiger partial charge in [0.25, 0.3) is 5.91 Å². The fourth-order valence-electron chi connectivity index (χ4n) is 2.45. The van der Waals surface area contributed by atoms with Crippen molar-refractivity contribution in [3.8, 4) is 5.75 Å². The molecule has 2 aromatic carbocycles. The molecule has 0 radical (unpaired) electrons. The van der Waals surface area contributed by atoms with Crippen LogP contribution in [0.5, 0.6) is 5.75 Å². The number of amides is 1. The van der Waals surface area contributed by atoms with Crippen LogP contribution < -0.4 is 15.7 Å². The van der Waals surface area contributed by atoms with E-state index in [0.717, 1.165) is 11.3 Å². The van der Waals surface area contributed by atoms with Crippen LogP contribution in [0.1, 0.15) is 16.1 Å². The van der Waals surface area contributed by atoms with Crippen LogP contribution in [0.15, 0.2) is 63.8 Å². The molecule has 122 valence electrons. The van der Waals surface area contributed by atoms with Crippen LogP contribution in [-0.4, -0.2) is 19.6 Å². The monoisotopic (exact) mass is 323 g/mol. The molecule has 3 rings (SSSR count). The Bertz CT molecular complexity index is 913. The number of carbonyl (C=O) groups is 1. The lowest BCUT2D eigenvalue weighted by Crippen LogP contribution is -2.26. The third kappa shape index (κ3) is 3.46. The van der Waals surface area contributed by atoms with Gasteiger partial charge in [-0.15, -0.1) is 0 Å². The minimum atomic E-state index is -0.506. The number of methoxy groups -OCH3 is 1. The van der Waals surface area contributed by atoms with Gasteiger partial charge in [-0.25, -0.2) is 4.79 Å². The van der Waals surface area contributed by atoms with Crippen molar-refractivity contribution in [2.45, 2.75) is 6.42 Å². The molecule has 0 spiro atoms. The van der Waals surface area contributed by atoms with Crippen LogP contribution in [0.25, 0.3) is 10.8 Å². The first-order valence-corrected chi connectivity index (χ1v) is 7.61. The first-order chi connectivity index (χ1) is 11.7. The molecule has 3 aromatic rings. The van der Waals surface area contributed by atoms with Gasteiger partial charge >= 0.3 is 5.63 Å². The molecular formula is C19H17NO4. The third-order valence-electron chi connectivity index (χ3n) is 3.75. The summed E-state index contributed by atoms with van der Waals surface area (Å²) >= 11 is 0. The Morgan fingerprint density at radius 2 is 1.88 bits per heavy atom. The van der Waals surface area contributed by atoms with Gasteiger partial charge in [0, 0.05) is 6.54 Å². The van der Waals surface area contributed by atoms with E-state index in [9.17, 15) is 9.59 Å². The average Bonchev–Trinajstić information content (AvgIpc) is 2.62. The predicted molar refractivity (Wildman–Crippen MR) is 91.5 cm³/mol. The second-order valence-corrected chi connectivity index (χ2v) is 5.34. The number of carbonyl (C=O) groups excluding carboxylic acids is 1. The van der Waals surface area contributed by atoms with E-state index in [0.29, 0.717) is 23.7 Å². The minimum absolute atomic E-state index is 0.0217. The summed E-state index contributed by atoms with van der Waals surface area (Å²) < 4.78 is 10.2. The zero-order chi connectivity index (χ0) is 16.9.